The van der Waals surface area contributed by atoms with Crippen molar-refractivity contribution >= 4 is 83.0 Å². The molecule has 9 aromatic rings. The van der Waals surface area contributed by atoms with E-state index in [1.807, 2.05) is 73.0 Å². The lowest BCUT2D eigenvalue weighted by Crippen LogP contribution is -2.49. The molecule has 6 aliphatic rings. The lowest BCUT2D eigenvalue weighted by Gasteiger charge is -2.46. The number of aliphatic hydroxyl groups is 1. The highest BCUT2D eigenvalue weighted by molar-refractivity contribution is 9.10. The summed E-state index contributed by atoms with van der Waals surface area (Å²) in [4.78, 5) is 67.4. The van der Waals surface area contributed by atoms with E-state index in [2.05, 4.69) is 116 Å². The number of thioether (sulfide) groups is 1. The van der Waals surface area contributed by atoms with Gasteiger partial charge in [0.15, 0.2) is 50.5 Å². The molecule has 2 N–H and O–H groups in total. The molecule has 0 unspecified atom stereocenters. The maximum atomic E-state index is 13.4. The monoisotopic (exact) mass is 1450 g/mol. The number of fused-ring (bicyclic) bond motifs is 2. The lowest BCUT2D eigenvalue weighted by atomic mass is 9.71. The Labute approximate surface area is 576 Å². The van der Waals surface area contributed by atoms with E-state index < -0.39 is 16.8 Å². The van der Waals surface area contributed by atoms with Gasteiger partial charge in [0.2, 0.25) is 5.95 Å². The van der Waals surface area contributed by atoms with Crippen LogP contribution < -0.4 is 21.3 Å². The summed E-state index contributed by atoms with van der Waals surface area (Å²) in [6.07, 6.45) is 13.5. The van der Waals surface area contributed by atoms with E-state index in [1.54, 1.807) is 70.7 Å². The number of halogens is 2. The van der Waals surface area contributed by atoms with E-state index in [-0.39, 0.29) is 16.7 Å². The Morgan fingerprint density at radius 1 is 0.573 bits per heavy atom. The lowest BCUT2D eigenvalue weighted by molar-refractivity contribution is -0.204. The minimum absolute atomic E-state index is 0.182. The van der Waals surface area contributed by atoms with Gasteiger partial charge in [-0.2, -0.15) is 4.98 Å². The molecule has 14 heterocycles. The predicted octanol–water partition coefficient (Wildman–Crippen LogP) is 8.63. The second kappa shape index (κ2) is 29.3. The second-order valence-corrected chi connectivity index (χ2v) is 26.9. The SMILES string of the molecule is C=CCn1c(=O)c2cnc(Nc3ccc(N4CCC5(CCN(C)CC5)CC4)cc3)nc2n1-c1cccc(C2(OC)COC2)n1.C=CCn1c(=O)c2cnc(SC)nc2n1-c1cccc(C2(OC)COC2)n1.COC1(c2cccc(Br)n2)COC1.OC1(c2cccc(Br)n2)COC1. The average Bonchev–Trinajstić information content (AvgIpc) is 1.52. The molecule has 1 aromatic carbocycles. The van der Waals surface area contributed by atoms with Crippen LogP contribution in [0.25, 0.3) is 33.7 Å². The van der Waals surface area contributed by atoms with Crippen molar-refractivity contribution in [3.8, 4) is 11.6 Å². The van der Waals surface area contributed by atoms with Crippen LogP contribution in [0.3, 0.4) is 0 Å². The van der Waals surface area contributed by atoms with Crippen molar-refractivity contribution < 1.29 is 38.3 Å². The van der Waals surface area contributed by atoms with Gasteiger partial charge in [-0.15, -0.1) is 13.2 Å². The molecule has 25 nitrogen and oxygen atoms in total. The molecule has 0 atom stereocenters. The van der Waals surface area contributed by atoms with E-state index in [9.17, 15) is 14.7 Å². The number of anilines is 3. The summed E-state index contributed by atoms with van der Waals surface area (Å²) in [6.45, 7) is 16.5. The molecule has 6 saturated heterocycles. The van der Waals surface area contributed by atoms with Gasteiger partial charge in [-0.05, 0) is 162 Å². The number of hydrogen-bond acceptors (Lipinski definition) is 22. The molecule has 0 aliphatic carbocycles. The van der Waals surface area contributed by atoms with Gasteiger partial charge < -0.3 is 53.4 Å². The zero-order valence-corrected chi connectivity index (χ0v) is 58.2. The zero-order chi connectivity index (χ0) is 67.2. The Hall–Kier alpha value is -7.45. The number of pyridine rings is 4. The van der Waals surface area contributed by atoms with Crippen LogP contribution in [-0.2, 0) is 68.7 Å². The Bertz CT molecular complexity index is 4350. The van der Waals surface area contributed by atoms with E-state index in [4.69, 9.17) is 48.1 Å². The molecule has 504 valence electrons. The van der Waals surface area contributed by atoms with Crippen molar-refractivity contribution in [1.82, 2.24) is 63.5 Å². The fourth-order valence-corrected chi connectivity index (χ4v) is 13.3. The number of rotatable bonds is 17. The first-order chi connectivity index (χ1) is 46.5. The van der Waals surface area contributed by atoms with Gasteiger partial charge in [0.05, 0.1) is 88.7 Å². The zero-order valence-electron chi connectivity index (χ0n) is 54.2. The Morgan fingerprint density at radius 2 is 1.01 bits per heavy atom. The Morgan fingerprint density at radius 3 is 1.45 bits per heavy atom. The first-order valence-corrected chi connectivity index (χ1v) is 34.3. The number of nitrogens with zero attached hydrogens (tertiary/aromatic N) is 14. The third-order valence-electron chi connectivity index (χ3n) is 18.6. The van der Waals surface area contributed by atoms with Crippen molar-refractivity contribution in [2.24, 2.45) is 5.41 Å². The molecule has 8 aromatic heterocycles. The van der Waals surface area contributed by atoms with Crippen LogP contribution in [0.4, 0.5) is 17.3 Å². The van der Waals surface area contributed by atoms with E-state index in [0.29, 0.717) is 122 Å². The highest BCUT2D eigenvalue weighted by Crippen LogP contribution is 2.42. The third-order valence-corrected chi connectivity index (χ3v) is 20.0. The largest absolute Gasteiger partial charge is 0.379 e. The molecule has 0 amide bonds. The highest BCUT2D eigenvalue weighted by Gasteiger charge is 2.45. The molecule has 0 saturated carbocycles. The van der Waals surface area contributed by atoms with Gasteiger partial charge in [0, 0.05) is 58.2 Å². The number of aromatic nitrogens is 12. The summed E-state index contributed by atoms with van der Waals surface area (Å²) in [5, 5.41) is 14.6. The molecule has 28 heteroatoms. The number of piperidine rings is 2. The van der Waals surface area contributed by atoms with Crippen LogP contribution in [0, 0.1) is 5.41 Å². The van der Waals surface area contributed by atoms with Crippen molar-refractivity contribution in [2.45, 2.75) is 66.3 Å². The number of hydrogen-bond donors (Lipinski definition) is 2. The first kappa shape index (κ1) is 68.5. The number of likely N-dealkylation sites (tertiary alicyclic amines) is 1. The molecule has 6 fully saturated rings. The quantitative estimate of drug-likeness (QED) is 0.0374. The maximum absolute atomic E-state index is 13.4. The molecule has 15 rings (SSSR count). The molecule has 1 spiro atoms. The van der Waals surface area contributed by atoms with Crippen molar-refractivity contribution in [3.05, 3.63) is 187 Å². The van der Waals surface area contributed by atoms with Gasteiger partial charge in [-0.1, -0.05) is 48.2 Å². The summed E-state index contributed by atoms with van der Waals surface area (Å²) < 4.78 is 45.8. The van der Waals surface area contributed by atoms with Crippen molar-refractivity contribution in [1.29, 1.82) is 0 Å². The summed E-state index contributed by atoms with van der Waals surface area (Å²) in [7, 11) is 7.22. The molecular weight excluding hydrogens is 1380 g/mol. The summed E-state index contributed by atoms with van der Waals surface area (Å²) in [5.74, 6) is 1.53. The van der Waals surface area contributed by atoms with Crippen molar-refractivity contribution in [2.75, 3.05) is 124 Å². The van der Waals surface area contributed by atoms with Gasteiger partial charge in [0.25, 0.3) is 11.1 Å². The third kappa shape index (κ3) is 13.9. The van der Waals surface area contributed by atoms with Gasteiger partial charge in [-0.25, -0.2) is 53.6 Å². The average molecular weight is 1460 g/mol. The van der Waals surface area contributed by atoms with Gasteiger partial charge >= 0.3 is 0 Å². The molecule has 96 heavy (non-hydrogen) atoms. The number of allylic oxidation sites excluding steroid dienone is 2. The smallest absolute Gasteiger partial charge is 0.278 e. The number of benzene rings is 1. The van der Waals surface area contributed by atoms with E-state index in [1.165, 1.54) is 56.2 Å². The van der Waals surface area contributed by atoms with Crippen LogP contribution in [0.5, 0.6) is 0 Å². The topological polar surface area (TPSA) is 260 Å². The maximum Gasteiger partial charge on any atom is 0.278 e. The number of ether oxygens (including phenoxy) is 7. The van der Waals surface area contributed by atoms with Crippen LogP contribution in [-0.4, -0.2) is 182 Å². The normalized spacial score (nSPS) is 18.6. The van der Waals surface area contributed by atoms with E-state index >= 15 is 0 Å². The number of nitrogens with one attached hydrogen (secondary N) is 1. The number of methoxy groups -OCH3 is 3. The second-order valence-electron chi connectivity index (χ2n) is 24.5. The molecular formula is C68H77Br2N15O10S. The Kier molecular flexibility index (Phi) is 20.9. The predicted molar refractivity (Wildman–Crippen MR) is 371 cm³/mol. The Balaban J connectivity index is 0.000000142. The van der Waals surface area contributed by atoms with Crippen molar-refractivity contribution in [3.63, 3.8) is 0 Å². The van der Waals surface area contributed by atoms with Gasteiger partial charge in [0.1, 0.15) is 20.0 Å². The summed E-state index contributed by atoms with van der Waals surface area (Å²) >= 11 is 7.99. The first-order valence-electron chi connectivity index (χ1n) is 31.5. The van der Waals surface area contributed by atoms with Gasteiger partial charge in [-0.3, -0.25) is 9.59 Å². The minimum atomic E-state index is -0.857. The molecule has 0 bridgehead atoms. The van der Waals surface area contributed by atoms with E-state index in [0.717, 1.165) is 45.1 Å². The highest BCUT2D eigenvalue weighted by atomic mass is 79.9. The summed E-state index contributed by atoms with van der Waals surface area (Å²) in [5.41, 5.74) is 4.00. The van der Waals surface area contributed by atoms with Crippen LogP contribution >= 0.6 is 43.6 Å². The van der Waals surface area contributed by atoms with Crippen LogP contribution in [0.1, 0.15) is 48.5 Å². The van der Waals surface area contributed by atoms with Crippen LogP contribution in [0.2, 0.25) is 0 Å². The fourth-order valence-electron chi connectivity index (χ4n) is 12.3. The fraction of sp³-hybridized carbons (Fsp3) is 0.412. The minimum Gasteiger partial charge on any atom is -0.379 e. The van der Waals surface area contributed by atoms with Crippen LogP contribution in [0.15, 0.2) is 159 Å². The standard InChI is InChI=1S/C33H40N8O3.C18H19N5O3S.C9H10BrNO2.C8H8BrNO2/c1-4-16-40-30(42)26-21-34-31(37-29(26)41(40)28-7-5-6-27(36-28)33(43-3)22-44-23-33)35-24-8-10-25(11-9-24)39-19-14-32(15-20-39)12-17-38(2)18-13-32;1-4-8-22-16(24)12-9-19-17(27-3)21-15(12)23(22)14-7-5-6-13(20-14)18(25-2)10-26-11-18;1-12-9(5-13-6-9)7-3-2-4-8(10)11-7;9-7-3-1-2-6(10-7)8(11)4-12-5-8/h4-11,21H,1,12-20,22-23H2,2-3H3,(H,34,35,37);4-7,9H,1,8,10-11H2,2-3H3;2-4H,5-6H2,1H3;1-3,11H,4-5H2. The molecule has 6 aliphatic heterocycles. The molecule has 0 radical (unpaired) electrons. The summed E-state index contributed by atoms with van der Waals surface area (Å²) in [6, 6.07) is 31.0.